The highest BCUT2D eigenvalue weighted by atomic mass is 35.5. The molecule has 0 aliphatic heterocycles. The summed E-state index contributed by atoms with van der Waals surface area (Å²) in [5.74, 6) is 0.391. The summed E-state index contributed by atoms with van der Waals surface area (Å²) in [6.07, 6.45) is 2.15. The van der Waals surface area contributed by atoms with E-state index in [9.17, 15) is 4.79 Å². The molecule has 2 aromatic rings. The van der Waals surface area contributed by atoms with E-state index < -0.39 is 0 Å². The van der Waals surface area contributed by atoms with E-state index in [4.69, 9.17) is 5.73 Å². The van der Waals surface area contributed by atoms with Crippen LogP contribution in [0.5, 0.6) is 0 Å². The minimum Gasteiger partial charge on any atom is -0.356 e. The van der Waals surface area contributed by atoms with Gasteiger partial charge in [0, 0.05) is 18.9 Å². The molecule has 0 heterocycles. The molecular formula is C19H25ClN2O. The van der Waals surface area contributed by atoms with Gasteiger partial charge in [-0.2, -0.15) is 0 Å². The fourth-order valence-corrected chi connectivity index (χ4v) is 2.60. The first-order chi connectivity index (χ1) is 10.8. The van der Waals surface area contributed by atoms with Crippen LogP contribution in [0.2, 0.25) is 0 Å². The van der Waals surface area contributed by atoms with Gasteiger partial charge < -0.3 is 11.1 Å². The third-order valence-corrected chi connectivity index (χ3v) is 3.77. The van der Waals surface area contributed by atoms with Crippen molar-refractivity contribution < 1.29 is 4.79 Å². The summed E-state index contributed by atoms with van der Waals surface area (Å²) in [4.78, 5) is 11.7. The summed E-state index contributed by atoms with van der Waals surface area (Å²) >= 11 is 0. The van der Waals surface area contributed by atoms with Crippen LogP contribution in [0.15, 0.2) is 60.7 Å². The minimum absolute atomic E-state index is 0. The van der Waals surface area contributed by atoms with Gasteiger partial charge in [-0.1, -0.05) is 60.7 Å². The first kappa shape index (κ1) is 19.2. The number of carbonyl (C=O) groups is 1. The molecule has 0 atom stereocenters. The lowest BCUT2D eigenvalue weighted by Gasteiger charge is -2.18. The number of amides is 1. The maximum Gasteiger partial charge on any atom is 0.220 e. The second kappa shape index (κ2) is 10.8. The van der Waals surface area contributed by atoms with E-state index >= 15 is 0 Å². The van der Waals surface area contributed by atoms with Crippen LogP contribution in [0, 0.1) is 0 Å². The Balaban J connectivity index is 0.00000264. The van der Waals surface area contributed by atoms with Crippen LogP contribution < -0.4 is 11.1 Å². The minimum atomic E-state index is 0. The second-order valence-electron chi connectivity index (χ2n) is 5.40. The van der Waals surface area contributed by atoms with Crippen LogP contribution in [0.4, 0.5) is 0 Å². The van der Waals surface area contributed by atoms with Crippen molar-refractivity contribution >= 4 is 18.3 Å². The van der Waals surface area contributed by atoms with E-state index in [2.05, 4.69) is 53.8 Å². The lowest BCUT2D eigenvalue weighted by Crippen LogP contribution is -2.26. The molecule has 0 spiro atoms. The van der Waals surface area contributed by atoms with Crippen molar-refractivity contribution in [1.82, 2.24) is 5.32 Å². The third kappa shape index (κ3) is 6.43. The van der Waals surface area contributed by atoms with E-state index in [1.54, 1.807) is 0 Å². The molecule has 124 valence electrons. The Morgan fingerprint density at radius 1 is 0.957 bits per heavy atom. The molecule has 3 N–H and O–H groups in total. The zero-order valence-corrected chi connectivity index (χ0v) is 14.1. The fraction of sp³-hybridized carbons (Fsp3) is 0.316. The molecule has 0 radical (unpaired) electrons. The van der Waals surface area contributed by atoms with Crippen LogP contribution in [0.3, 0.4) is 0 Å². The van der Waals surface area contributed by atoms with Gasteiger partial charge in [0.05, 0.1) is 0 Å². The Hall–Kier alpha value is -1.84. The highest BCUT2D eigenvalue weighted by Gasteiger charge is 2.13. The molecule has 0 bridgehead atoms. The standard InChI is InChI=1S/C19H24N2O.ClH/c20-14-7-12-19(22)21-15-13-18(16-8-3-1-4-9-16)17-10-5-2-6-11-17;/h1-6,8-11,18H,7,12-15,20H2,(H,21,22);1H. The molecule has 0 aliphatic carbocycles. The fourth-order valence-electron chi connectivity index (χ4n) is 2.60. The molecule has 4 heteroatoms. The lowest BCUT2D eigenvalue weighted by atomic mass is 9.88. The number of nitrogens with two attached hydrogens (primary N) is 1. The monoisotopic (exact) mass is 332 g/mol. The first-order valence-electron chi connectivity index (χ1n) is 7.88. The summed E-state index contributed by atoms with van der Waals surface area (Å²) in [6.45, 7) is 1.24. The number of carbonyl (C=O) groups excluding carboxylic acids is 1. The molecule has 0 saturated carbocycles. The van der Waals surface area contributed by atoms with Crippen LogP contribution in [0.1, 0.15) is 36.3 Å². The van der Waals surface area contributed by atoms with Gasteiger partial charge in [-0.25, -0.2) is 0 Å². The molecule has 23 heavy (non-hydrogen) atoms. The van der Waals surface area contributed by atoms with Crippen molar-refractivity contribution in [3.63, 3.8) is 0 Å². The molecule has 2 aromatic carbocycles. The zero-order chi connectivity index (χ0) is 15.6. The van der Waals surface area contributed by atoms with Gasteiger partial charge in [0.15, 0.2) is 0 Å². The number of hydrogen-bond acceptors (Lipinski definition) is 2. The van der Waals surface area contributed by atoms with E-state index in [1.165, 1.54) is 11.1 Å². The molecule has 0 aromatic heterocycles. The highest BCUT2D eigenvalue weighted by molar-refractivity contribution is 5.85. The average Bonchev–Trinajstić information content (AvgIpc) is 2.58. The van der Waals surface area contributed by atoms with Gasteiger partial charge in [-0.3, -0.25) is 4.79 Å². The van der Waals surface area contributed by atoms with Crippen LogP contribution in [-0.4, -0.2) is 19.0 Å². The molecule has 0 saturated heterocycles. The quantitative estimate of drug-likeness (QED) is 0.777. The van der Waals surface area contributed by atoms with E-state index in [-0.39, 0.29) is 18.3 Å². The van der Waals surface area contributed by atoms with E-state index in [1.807, 2.05) is 12.1 Å². The maximum absolute atomic E-state index is 11.7. The SMILES string of the molecule is Cl.NCCCC(=O)NCCC(c1ccccc1)c1ccccc1. The summed E-state index contributed by atoms with van der Waals surface area (Å²) in [7, 11) is 0. The predicted octanol–water partition coefficient (Wildman–Crippen LogP) is 3.49. The number of benzene rings is 2. The van der Waals surface area contributed by atoms with Crippen molar-refractivity contribution in [2.45, 2.75) is 25.2 Å². The maximum atomic E-state index is 11.7. The molecule has 0 aliphatic rings. The molecule has 0 unspecified atom stereocenters. The Labute approximate surface area is 144 Å². The highest BCUT2D eigenvalue weighted by Crippen LogP contribution is 2.27. The number of nitrogens with one attached hydrogen (secondary N) is 1. The Kier molecular flexibility index (Phi) is 9.03. The average molecular weight is 333 g/mol. The largest absolute Gasteiger partial charge is 0.356 e. The number of halogens is 1. The molecule has 1 amide bonds. The second-order valence-corrected chi connectivity index (χ2v) is 5.40. The summed E-state index contributed by atoms with van der Waals surface area (Å²) < 4.78 is 0. The molecule has 0 fully saturated rings. The molecular weight excluding hydrogens is 308 g/mol. The van der Waals surface area contributed by atoms with Crippen LogP contribution >= 0.6 is 12.4 Å². The Morgan fingerprint density at radius 2 is 1.48 bits per heavy atom. The lowest BCUT2D eigenvalue weighted by molar-refractivity contribution is -0.121. The van der Waals surface area contributed by atoms with Crippen LogP contribution in [-0.2, 0) is 4.79 Å². The van der Waals surface area contributed by atoms with Gasteiger partial charge in [0.2, 0.25) is 5.91 Å². The normalized spacial score (nSPS) is 10.2. The number of rotatable bonds is 8. The first-order valence-corrected chi connectivity index (χ1v) is 7.88. The van der Waals surface area contributed by atoms with Crippen molar-refractivity contribution in [2.24, 2.45) is 5.73 Å². The third-order valence-electron chi connectivity index (χ3n) is 3.77. The van der Waals surface area contributed by atoms with Gasteiger partial charge in [-0.05, 0) is 30.5 Å². The van der Waals surface area contributed by atoms with E-state index in [0.717, 1.165) is 12.8 Å². The van der Waals surface area contributed by atoms with Gasteiger partial charge in [0.25, 0.3) is 0 Å². The Morgan fingerprint density at radius 3 is 1.96 bits per heavy atom. The van der Waals surface area contributed by atoms with Crippen molar-refractivity contribution in [3.8, 4) is 0 Å². The van der Waals surface area contributed by atoms with Gasteiger partial charge in [0.1, 0.15) is 0 Å². The van der Waals surface area contributed by atoms with Crippen molar-refractivity contribution in [1.29, 1.82) is 0 Å². The zero-order valence-electron chi connectivity index (χ0n) is 13.3. The predicted molar refractivity (Wildman–Crippen MR) is 97.9 cm³/mol. The molecule has 3 nitrogen and oxygen atoms in total. The smallest absolute Gasteiger partial charge is 0.220 e. The molecule has 2 rings (SSSR count). The summed E-state index contributed by atoms with van der Waals surface area (Å²) in [5, 5.41) is 2.99. The summed E-state index contributed by atoms with van der Waals surface area (Å²) in [6, 6.07) is 20.9. The Bertz CT molecular complexity index is 521. The topological polar surface area (TPSA) is 55.1 Å². The van der Waals surface area contributed by atoms with Crippen molar-refractivity contribution in [3.05, 3.63) is 71.8 Å². The van der Waals surface area contributed by atoms with Crippen molar-refractivity contribution in [2.75, 3.05) is 13.1 Å². The number of hydrogen-bond donors (Lipinski definition) is 2. The van der Waals surface area contributed by atoms with Gasteiger partial charge in [-0.15, -0.1) is 12.4 Å². The summed E-state index contributed by atoms with van der Waals surface area (Å²) in [5.41, 5.74) is 7.99. The van der Waals surface area contributed by atoms with Gasteiger partial charge >= 0.3 is 0 Å². The van der Waals surface area contributed by atoms with Crippen LogP contribution in [0.25, 0.3) is 0 Å². The van der Waals surface area contributed by atoms with E-state index in [0.29, 0.717) is 25.4 Å².